The second-order valence-electron chi connectivity index (χ2n) is 4.86. The molecule has 0 saturated heterocycles. The van der Waals surface area contributed by atoms with Crippen molar-refractivity contribution in [2.24, 2.45) is 0 Å². The number of carbonyl (C=O) groups excluding carboxylic acids is 2. The quantitative estimate of drug-likeness (QED) is 0.846. The molecule has 1 aromatic heterocycles. The second-order valence-corrected chi connectivity index (χ2v) is 5.25. The number of nitrogens with one attached hydrogen (secondary N) is 1. The molecular weight excluding hydrogens is 278 g/mol. The van der Waals surface area contributed by atoms with E-state index in [-0.39, 0.29) is 29.6 Å². The maximum absolute atomic E-state index is 12.4. The lowest BCUT2D eigenvalue weighted by Gasteiger charge is -2.21. The van der Waals surface area contributed by atoms with Gasteiger partial charge in [-0.1, -0.05) is 11.6 Å². The van der Waals surface area contributed by atoms with Gasteiger partial charge in [0.1, 0.15) is 5.15 Å². The number of carbonyl (C=O) groups is 2. The van der Waals surface area contributed by atoms with E-state index in [4.69, 9.17) is 11.6 Å². The molecule has 110 valence electrons. The molecule has 20 heavy (non-hydrogen) atoms. The SMILES string of the molecule is CCN(CC(=O)NC(C)C)C(=O)c1cc(C)nc(Cl)c1. The van der Waals surface area contributed by atoms with Crippen molar-refractivity contribution >= 4 is 23.4 Å². The highest BCUT2D eigenvalue weighted by molar-refractivity contribution is 6.29. The van der Waals surface area contributed by atoms with Crippen molar-refractivity contribution in [3.05, 3.63) is 28.5 Å². The molecule has 0 aromatic carbocycles. The van der Waals surface area contributed by atoms with Gasteiger partial charge in [-0.25, -0.2) is 4.98 Å². The lowest BCUT2D eigenvalue weighted by Crippen LogP contribution is -2.42. The summed E-state index contributed by atoms with van der Waals surface area (Å²) < 4.78 is 0. The molecule has 1 rings (SSSR count). The highest BCUT2D eigenvalue weighted by atomic mass is 35.5. The van der Waals surface area contributed by atoms with Gasteiger partial charge in [-0.05, 0) is 39.8 Å². The lowest BCUT2D eigenvalue weighted by molar-refractivity contribution is -0.122. The van der Waals surface area contributed by atoms with Crippen molar-refractivity contribution in [2.45, 2.75) is 33.7 Å². The summed E-state index contributed by atoms with van der Waals surface area (Å²) in [6, 6.07) is 3.23. The number of aryl methyl sites for hydroxylation is 1. The fourth-order valence-corrected chi connectivity index (χ4v) is 2.05. The number of hydrogen-bond acceptors (Lipinski definition) is 3. The molecule has 0 atom stereocenters. The average molecular weight is 298 g/mol. The Hall–Kier alpha value is -1.62. The molecule has 1 aromatic rings. The van der Waals surface area contributed by atoms with Crippen LogP contribution in [0.4, 0.5) is 0 Å². The highest BCUT2D eigenvalue weighted by Gasteiger charge is 2.18. The second kappa shape index (κ2) is 7.24. The van der Waals surface area contributed by atoms with Gasteiger partial charge in [0, 0.05) is 23.8 Å². The van der Waals surface area contributed by atoms with E-state index in [2.05, 4.69) is 10.3 Å². The topological polar surface area (TPSA) is 62.3 Å². The summed E-state index contributed by atoms with van der Waals surface area (Å²) in [4.78, 5) is 29.6. The van der Waals surface area contributed by atoms with Gasteiger partial charge in [-0.2, -0.15) is 0 Å². The number of likely N-dealkylation sites (N-methyl/N-ethyl adjacent to an activating group) is 1. The minimum absolute atomic E-state index is 0.0342. The summed E-state index contributed by atoms with van der Waals surface area (Å²) in [6.45, 7) is 7.83. The van der Waals surface area contributed by atoms with Crippen LogP contribution in [-0.2, 0) is 4.79 Å². The minimum atomic E-state index is -0.223. The highest BCUT2D eigenvalue weighted by Crippen LogP contribution is 2.12. The van der Waals surface area contributed by atoms with Crippen LogP contribution in [0.5, 0.6) is 0 Å². The largest absolute Gasteiger partial charge is 0.352 e. The van der Waals surface area contributed by atoms with Gasteiger partial charge in [0.25, 0.3) is 5.91 Å². The van der Waals surface area contributed by atoms with E-state index < -0.39 is 0 Å². The van der Waals surface area contributed by atoms with Crippen molar-refractivity contribution < 1.29 is 9.59 Å². The summed E-state index contributed by atoms with van der Waals surface area (Å²) in [5.41, 5.74) is 1.12. The van der Waals surface area contributed by atoms with Crippen LogP contribution in [0.25, 0.3) is 0 Å². The van der Waals surface area contributed by atoms with E-state index in [0.29, 0.717) is 17.8 Å². The zero-order valence-electron chi connectivity index (χ0n) is 12.2. The molecule has 0 aliphatic heterocycles. The Kier molecular flexibility index (Phi) is 5.95. The number of pyridine rings is 1. The lowest BCUT2D eigenvalue weighted by atomic mass is 10.2. The first-order valence-corrected chi connectivity index (χ1v) is 6.94. The van der Waals surface area contributed by atoms with E-state index in [1.165, 1.54) is 11.0 Å². The molecule has 0 saturated carbocycles. The number of aromatic nitrogens is 1. The van der Waals surface area contributed by atoms with Crippen molar-refractivity contribution in [3.63, 3.8) is 0 Å². The first kappa shape index (κ1) is 16.4. The summed E-state index contributed by atoms with van der Waals surface area (Å²) in [5, 5.41) is 3.04. The summed E-state index contributed by atoms with van der Waals surface area (Å²) in [7, 11) is 0. The molecular formula is C14H20ClN3O2. The monoisotopic (exact) mass is 297 g/mol. The normalized spacial score (nSPS) is 10.5. The Morgan fingerprint density at radius 3 is 2.55 bits per heavy atom. The number of nitrogens with zero attached hydrogens (tertiary/aromatic N) is 2. The van der Waals surface area contributed by atoms with Crippen LogP contribution in [-0.4, -0.2) is 40.8 Å². The van der Waals surface area contributed by atoms with Crippen LogP contribution in [0.1, 0.15) is 36.8 Å². The number of hydrogen-bond donors (Lipinski definition) is 1. The molecule has 2 amide bonds. The third-order valence-electron chi connectivity index (χ3n) is 2.62. The Bertz CT molecular complexity index is 483. The zero-order chi connectivity index (χ0) is 15.3. The van der Waals surface area contributed by atoms with E-state index in [1.54, 1.807) is 13.0 Å². The van der Waals surface area contributed by atoms with Gasteiger partial charge in [0.2, 0.25) is 5.91 Å². The standard InChI is InChI=1S/C14H20ClN3O2/c1-5-18(8-13(19)16-9(2)3)14(20)11-6-10(4)17-12(15)7-11/h6-7,9H,5,8H2,1-4H3,(H,16,19). The van der Waals surface area contributed by atoms with Crippen LogP contribution < -0.4 is 5.32 Å². The van der Waals surface area contributed by atoms with Crippen LogP contribution in [0.15, 0.2) is 12.1 Å². The molecule has 0 spiro atoms. The zero-order valence-corrected chi connectivity index (χ0v) is 13.0. The Morgan fingerprint density at radius 2 is 2.05 bits per heavy atom. The molecule has 5 nitrogen and oxygen atoms in total. The molecule has 0 fully saturated rings. The molecule has 0 unspecified atom stereocenters. The fraction of sp³-hybridized carbons (Fsp3) is 0.500. The summed E-state index contributed by atoms with van der Waals surface area (Å²) in [5.74, 6) is -0.397. The Balaban J connectivity index is 2.83. The van der Waals surface area contributed by atoms with Gasteiger partial charge in [-0.3, -0.25) is 9.59 Å². The fourth-order valence-electron chi connectivity index (χ4n) is 1.80. The van der Waals surface area contributed by atoms with E-state index >= 15 is 0 Å². The molecule has 0 aliphatic rings. The Morgan fingerprint density at radius 1 is 1.40 bits per heavy atom. The van der Waals surface area contributed by atoms with Crippen LogP contribution in [0, 0.1) is 6.92 Å². The van der Waals surface area contributed by atoms with E-state index in [9.17, 15) is 9.59 Å². The molecule has 0 bridgehead atoms. The maximum atomic E-state index is 12.4. The predicted molar refractivity (Wildman–Crippen MR) is 78.8 cm³/mol. The third kappa shape index (κ3) is 4.81. The molecule has 1 N–H and O–H groups in total. The molecule has 1 heterocycles. The molecule has 0 radical (unpaired) electrons. The smallest absolute Gasteiger partial charge is 0.254 e. The third-order valence-corrected chi connectivity index (χ3v) is 2.82. The van der Waals surface area contributed by atoms with Crippen molar-refractivity contribution in [2.75, 3.05) is 13.1 Å². The average Bonchev–Trinajstić information content (AvgIpc) is 2.33. The Labute approximate surface area is 124 Å². The first-order valence-electron chi connectivity index (χ1n) is 6.56. The van der Waals surface area contributed by atoms with Crippen molar-refractivity contribution in [3.8, 4) is 0 Å². The van der Waals surface area contributed by atoms with Crippen LogP contribution in [0.3, 0.4) is 0 Å². The minimum Gasteiger partial charge on any atom is -0.352 e. The van der Waals surface area contributed by atoms with Gasteiger partial charge < -0.3 is 10.2 Å². The number of rotatable bonds is 5. The maximum Gasteiger partial charge on any atom is 0.254 e. The van der Waals surface area contributed by atoms with Gasteiger partial charge >= 0.3 is 0 Å². The molecule has 6 heteroatoms. The van der Waals surface area contributed by atoms with Crippen molar-refractivity contribution in [1.82, 2.24) is 15.2 Å². The van der Waals surface area contributed by atoms with Crippen LogP contribution >= 0.6 is 11.6 Å². The number of halogens is 1. The summed E-state index contributed by atoms with van der Waals surface area (Å²) in [6.07, 6.45) is 0. The van der Waals surface area contributed by atoms with Gasteiger partial charge in [0.15, 0.2) is 0 Å². The van der Waals surface area contributed by atoms with Gasteiger partial charge in [-0.15, -0.1) is 0 Å². The van der Waals surface area contributed by atoms with Crippen LogP contribution in [0.2, 0.25) is 5.15 Å². The first-order chi connectivity index (χ1) is 9.33. The summed E-state index contributed by atoms with van der Waals surface area (Å²) >= 11 is 5.86. The van der Waals surface area contributed by atoms with Crippen molar-refractivity contribution in [1.29, 1.82) is 0 Å². The number of amides is 2. The van der Waals surface area contributed by atoms with E-state index in [0.717, 1.165) is 0 Å². The molecule has 0 aliphatic carbocycles. The predicted octanol–water partition coefficient (Wildman–Crippen LogP) is 2.03. The van der Waals surface area contributed by atoms with Gasteiger partial charge in [0.05, 0.1) is 6.54 Å². The van der Waals surface area contributed by atoms with E-state index in [1.807, 2.05) is 20.8 Å².